The van der Waals surface area contributed by atoms with Crippen LogP contribution in [0, 0.1) is 23.3 Å². The van der Waals surface area contributed by atoms with Gasteiger partial charge >= 0.3 is 5.97 Å². The number of carboxylic acids is 1. The van der Waals surface area contributed by atoms with Crippen LogP contribution in [0.15, 0.2) is 0 Å². The molecule has 0 spiro atoms. The summed E-state index contributed by atoms with van der Waals surface area (Å²) in [5.74, 6) is -10.0. The fourth-order valence-corrected chi connectivity index (χ4v) is 1.00. The number of aromatic carboxylic acids is 1. The lowest BCUT2D eigenvalue weighted by molar-refractivity contribution is 0.0683. The number of aliphatic hydroxyl groups excluding tert-OH is 1. The lowest BCUT2D eigenvalue weighted by Gasteiger charge is -2.07. The third kappa shape index (κ3) is 1.65. The minimum Gasteiger partial charge on any atom is -0.477 e. The number of carboxylic acid groups (broad SMARTS) is 1. The molecule has 0 amide bonds. The van der Waals surface area contributed by atoms with Crippen LogP contribution < -0.4 is 0 Å². The Morgan fingerprint density at radius 3 is 1.67 bits per heavy atom. The molecule has 1 aromatic carbocycles. The van der Waals surface area contributed by atoms with E-state index in [1.54, 1.807) is 0 Å². The average Bonchev–Trinajstić information content (AvgIpc) is 2.16. The number of carbonyl (C=O) groups is 1. The Morgan fingerprint density at radius 1 is 1.00 bits per heavy atom. The number of rotatable bonds is 2. The summed E-state index contributed by atoms with van der Waals surface area (Å²) in [5.41, 5.74) is -2.96. The fraction of sp³-hybridized carbons (Fsp3) is 0.125. The Hall–Kier alpha value is -1.63. The molecule has 0 radical (unpaired) electrons. The van der Waals surface area contributed by atoms with Crippen molar-refractivity contribution in [3.63, 3.8) is 0 Å². The van der Waals surface area contributed by atoms with Crippen molar-refractivity contribution in [1.82, 2.24) is 0 Å². The molecule has 7 heteroatoms. The fourth-order valence-electron chi connectivity index (χ4n) is 1.00. The highest BCUT2D eigenvalue weighted by atomic mass is 19.2. The summed E-state index contributed by atoms with van der Waals surface area (Å²) < 4.78 is 51.5. The zero-order valence-corrected chi connectivity index (χ0v) is 7.02. The lowest BCUT2D eigenvalue weighted by Crippen LogP contribution is -2.13. The number of hydrogen-bond donors (Lipinski definition) is 2. The lowest BCUT2D eigenvalue weighted by atomic mass is 10.1. The number of hydrogen-bond acceptors (Lipinski definition) is 2. The third-order valence-corrected chi connectivity index (χ3v) is 1.73. The van der Waals surface area contributed by atoms with Gasteiger partial charge in [0.05, 0.1) is 12.2 Å². The van der Waals surface area contributed by atoms with E-state index in [2.05, 4.69) is 0 Å². The van der Waals surface area contributed by atoms with Gasteiger partial charge in [-0.05, 0) is 0 Å². The first-order valence-electron chi connectivity index (χ1n) is 3.60. The molecular weight excluding hydrogens is 220 g/mol. The van der Waals surface area contributed by atoms with Gasteiger partial charge in [-0.1, -0.05) is 0 Å². The van der Waals surface area contributed by atoms with Gasteiger partial charge in [-0.15, -0.1) is 0 Å². The molecule has 0 saturated heterocycles. The van der Waals surface area contributed by atoms with Crippen LogP contribution in [0.4, 0.5) is 17.6 Å². The van der Waals surface area contributed by atoms with Crippen molar-refractivity contribution in [2.45, 2.75) is 6.61 Å². The van der Waals surface area contributed by atoms with Gasteiger partial charge in [0.2, 0.25) is 0 Å². The molecule has 0 atom stereocenters. The van der Waals surface area contributed by atoms with Crippen LogP contribution in [0.3, 0.4) is 0 Å². The Bertz CT molecular complexity index is 401. The summed E-state index contributed by atoms with van der Waals surface area (Å²) in [6, 6.07) is 0. The van der Waals surface area contributed by atoms with Crippen molar-refractivity contribution >= 4 is 5.97 Å². The first-order chi connectivity index (χ1) is 6.91. The zero-order chi connectivity index (χ0) is 11.7. The Kier molecular flexibility index (Phi) is 2.94. The standard InChI is InChI=1S/C8H4F4O3/c9-4-2(1-13)5(10)7(12)3(6(4)11)8(14)15/h13H,1H2,(H,14,15). The molecule has 1 rings (SSSR count). The Labute approximate surface area is 80.6 Å². The van der Waals surface area contributed by atoms with Crippen LogP contribution in [0.2, 0.25) is 0 Å². The van der Waals surface area contributed by atoms with Crippen molar-refractivity contribution in [3.05, 3.63) is 34.4 Å². The van der Waals surface area contributed by atoms with Crippen molar-refractivity contribution in [2.75, 3.05) is 0 Å². The summed E-state index contributed by atoms with van der Waals surface area (Å²) in [7, 11) is 0. The maximum atomic E-state index is 12.9. The normalized spacial score (nSPS) is 10.5. The molecule has 0 bridgehead atoms. The van der Waals surface area contributed by atoms with Gasteiger partial charge in [0.25, 0.3) is 0 Å². The van der Waals surface area contributed by atoms with Crippen LogP contribution in [0.5, 0.6) is 0 Å². The molecule has 0 heterocycles. The minimum absolute atomic E-state index is 1.24. The molecule has 0 aliphatic rings. The van der Waals surface area contributed by atoms with E-state index >= 15 is 0 Å². The third-order valence-electron chi connectivity index (χ3n) is 1.73. The Balaban J connectivity index is 3.66. The molecule has 2 N–H and O–H groups in total. The summed E-state index contributed by atoms with van der Waals surface area (Å²) in [6.45, 7) is -1.27. The predicted octanol–water partition coefficient (Wildman–Crippen LogP) is 1.43. The topological polar surface area (TPSA) is 57.5 Å². The molecule has 82 valence electrons. The maximum absolute atomic E-state index is 12.9. The van der Waals surface area contributed by atoms with E-state index in [1.807, 2.05) is 0 Å². The largest absolute Gasteiger partial charge is 0.477 e. The number of benzene rings is 1. The van der Waals surface area contributed by atoms with Crippen molar-refractivity contribution in [2.24, 2.45) is 0 Å². The van der Waals surface area contributed by atoms with E-state index < -0.39 is 47.0 Å². The molecule has 1 aromatic rings. The SMILES string of the molecule is O=C(O)c1c(F)c(F)c(CO)c(F)c1F. The average molecular weight is 224 g/mol. The monoisotopic (exact) mass is 224 g/mol. The predicted molar refractivity (Wildman–Crippen MR) is 39.2 cm³/mol. The van der Waals surface area contributed by atoms with Crippen LogP contribution in [-0.4, -0.2) is 16.2 Å². The van der Waals surface area contributed by atoms with Crippen LogP contribution in [0.1, 0.15) is 15.9 Å². The molecular formula is C8H4F4O3. The molecule has 0 aliphatic heterocycles. The summed E-state index contributed by atoms with van der Waals surface area (Å²) in [6.07, 6.45) is 0. The van der Waals surface area contributed by atoms with E-state index in [4.69, 9.17) is 10.2 Å². The summed E-state index contributed by atoms with van der Waals surface area (Å²) in [5, 5.41) is 16.7. The molecule has 3 nitrogen and oxygen atoms in total. The highest BCUT2D eigenvalue weighted by Crippen LogP contribution is 2.24. The highest BCUT2D eigenvalue weighted by molar-refractivity contribution is 5.88. The zero-order valence-electron chi connectivity index (χ0n) is 7.02. The first-order valence-corrected chi connectivity index (χ1v) is 3.60. The second-order valence-corrected chi connectivity index (χ2v) is 2.57. The Morgan fingerprint density at radius 2 is 1.40 bits per heavy atom. The van der Waals surface area contributed by atoms with Gasteiger partial charge in [-0.3, -0.25) is 0 Å². The van der Waals surface area contributed by atoms with Gasteiger partial charge in [-0.2, -0.15) is 0 Å². The second kappa shape index (κ2) is 3.85. The molecule has 0 fully saturated rings. The number of aliphatic hydroxyl groups is 1. The van der Waals surface area contributed by atoms with E-state index in [1.165, 1.54) is 0 Å². The highest BCUT2D eigenvalue weighted by Gasteiger charge is 2.28. The van der Waals surface area contributed by atoms with E-state index in [9.17, 15) is 22.4 Å². The quantitative estimate of drug-likeness (QED) is 0.590. The molecule has 0 saturated carbocycles. The van der Waals surface area contributed by atoms with Crippen LogP contribution in [-0.2, 0) is 6.61 Å². The van der Waals surface area contributed by atoms with Crippen LogP contribution >= 0.6 is 0 Å². The van der Waals surface area contributed by atoms with E-state index in [-0.39, 0.29) is 0 Å². The summed E-state index contributed by atoms with van der Waals surface area (Å²) in [4.78, 5) is 10.3. The summed E-state index contributed by atoms with van der Waals surface area (Å²) >= 11 is 0. The number of halogens is 4. The second-order valence-electron chi connectivity index (χ2n) is 2.57. The van der Waals surface area contributed by atoms with Crippen molar-refractivity contribution in [3.8, 4) is 0 Å². The molecule has 0 aliphatic carbocycles. The maximum Gasteiger partial charge on any atom is 0.341 e. The van der Waals surface area contributed by atoms with E-state index in [0.717, 1.165) is 0 Å². The van der Waals surface area contributed by atoms with Crippen molar-refractivity contribution in [1.29, 1.82) is 0 Å². The van der Waals surface area contributed by atoms with Gasteiger partial charge in [0.1, 0.15) is 5.56 Å². The van der Waals surface area contributed by atoms with Gasteiger partial charge in [0, 0.05) is 0 Å². The molecule has 0 unspecified atom stereocenters. The van der Waals surface area contributed by atoms with Gasteiger partial charge in [-0.25, -0.2) is 22.4 Å². The molecule has 15 heavy (non-hydrogen) atoms. The van der Waals surface area contributed by atoms with Gasteiger partial charge < -0.3 is 10.2 Å². The first kappa shape index (κ1) is 11.4. The van der Waals surface area contributed by atoms with Gasteiger partial charge in [0.15, 0.2) is 23.3 Å². The minimum atomic E-state index is -2.13. The van der Waals surface area contributed by atoms with Crippen molar-refractivity contribution < 1.29 is 32.6 Å². The molecule has 0 aromatic heterocycles. The van der Waals surface area contributed by atoms with Crippen LogP contribution in [0.25, 0.3) is 0 Å². The smallest absolute Gasteiger partial charge is 0.341 e. The van der Waals surface area contributed by atoms with E-state index in [0.29, 0.717) is 0 Å².